The summed E-state index contributed by atoms with van der Waals surface area (Å²) in [5.41, 5.74) is 12.9. The first-order valence-corrected chi connectivity index (χ1v) is 21.7. The van der Waals surface area contributed by atoms with Gasteiger partial charge in [0.25, 0.3) is 0 Å². The van der Waals surface area contributed by atoms with Gasteiger partial charge in [0, 0.05) is 10.8 Å². The molecule has 0 fully saturated rings. The average Bonchev–Trinajstić information content (AvgIpc) is 3.78. The maximum absolute atomic E-state index is 6.45. The molecule has 0 radical (unpaired) electrons. The number of aryl methyl sites for hydroxylation is 1. The van der Waals surface area contributed by atoms with Crippen LogP contribution < -0.4 is 48.7 Å². The van der Waals surface area contributed by atoms with E-state index >= 15 is 0 Å². The van der Waals surface area contributed by atoms with Crippen LogP contribution in [0, 0.1) is 17.6 Å². The second kappa shape index (κ2) is 12.9. The van der Waals surface area contributed by atoms with E-state index in [1.54, 1.807) is 0 Å². The number of rotatable bonds is 5. The van der Waals surface area contributed by atoms with Gasteiger partial charge in [-0.1, -0.05) is 36.4 Å². The molecular formula is C50H33I2NO2. The molecule has 0 saturated heterocycles. The first-order valence-electron chi connectivity index (χ1n) is 18.4. The fourth-order valence-electron chi connectivity index (χ4n) is 8.78. The third-order valence-electron chi connectivity index (χ3n) is 11.2. The van der Waals surface area contributed by atoms with Crippen molar-refractivity contribution in [3.05, 3.63) is 214 Å². The minimum atomic E-state index is -0.465. The monoisotopic (exact) mass is 933 g/mol. The number of para-hydroxylation sites is 2. The molecule has 0 atom stereocenters. The van der Waals surface area contributed by atoms with Crippen LogP contribution in [0.3, 0.4) is 0 Å². The molecule has 0 spiro atoms. The molecule has 3 nitrogen and oxygen atoms in total. The third kappa shape index (κ3) is 5.05. The summed E-state index contributed by atoms with van der Waals surface area (Å²) in [5.74, 6) is 0. The molecule has 2 aromatic heterocycles. The maximum atomic E-state index is 6.45. The molecule has 1 aliphatic rings. The summed E-state index contributed by atoms with van der Waals surface area (Å²) in [6, 6.07) is 64.1. The number of hydrogen-bond donors (Lipinski definition) is 0. The normalized spacial score (nSPS) is 13.5. The van der Waals surface area contributed by atoms with Crippen molar-refractivity contribution >= 4 is 60.9 Å². The van der Waals surface area contributed by atoms with Crippen molar-refractivity contribution in [2.75, 3.05) is 4.90 Å². The van der Waals surface area contributed by atoms with Crippen LogP contribution in [0.5, 0.6) is 0 Å². The molecule has 0 amide bonds. The first-order chi connectivity index (χ1) is 27.1. The van der Waals surface area contributed by atoms with Crippen LogP contribution in [0.15, 0.2) is 185 Å². The molecular weight excluding hydrogens is 900 g/mol. The summed E-state index contributed by atoms with van der Waals surface area (Å²) in [6.07, 6.45) is 0. The molecule has 0 unspecified atom stereocenters. The quantitative estimate of drug-likeness (QED) is 0.184. The van der Waals surface area contributed by atoms with Crippen molar-refractivity contribution in [1.29, 1.82) is 0 Å². The Morgan fingerprint density at radius 2 is 0.891 bits per heavy atom. The number of hydrogen-bond acceptors (Lipinski definition) is 3. The van der Waals surface area contributed by atoms with E-state index in [9.17, 15) is 0 Å². The Labute approximate surface area is 342 Å². The number of halogens is 2. The van der Waals surface area contributed by atoms with E-state index in [2.05, 4.69) is 186 Å². The van der Waals surface area contributed by atoms with Gasteiger partial charge in [-0.25, -0.2) is 0 Å². The topological polar surface area (TPSA) is 29.5 Å². The molecule has 0 N–H and O–H groups in total. The average molecular weight is 934 g/mol. The van der Waals surface area contributed by atoms with Gasteiger partial charge in [-0.2, -0.15) is 0 Å². The zero-order valence-electron chi connectivity index (χ0n) is 29.8. The first kappa shape index (κ1) is 33.0. The van der Waals surface area contributed by atoms with E-state index in [1.165, 1.54) is 38.5 Å². The van der Waals surface area contributed by atoms with Crippen LogP contribution in [0.1, 0.15) is 27.8 Å². The van der Waals surface area contributed by atoms with Gasteiger partial charge in [0.05, 0.1) is 0 Å². The summed E-state index contributed by atoms with van der Waals surface area (Å²) in [6.45, 7) is 2.26. The molecule has 0 bridgehead atoms. The van der Waals surface area contributed by atoms with Crippen molar-refractivity contribution < 1.29 is 52.6 Å². The van der Waals surface area contributed by atoms with Gasteiger partial charge in [0.15, 0.2) is 0 Å². The fourth-order valence-corrected chi connectivity index (χ4v) is 12.9. The molecule has 0 aliphatic carbocycles. The van der Waals surface area contributed by atoms with Crippen molar-refractivity contribution in [2.45, 2.75) is 12.3 Å². The molecule has 55 heavy (non-hydrogen) atoms. The van der Waals surface area contributed by atoms with Crippen LogP contribution in [-0.4, -0.2) is 0 Å². The number of benzene rings is 8. The van der Waals surface area contributed by atoms with Crippen LogP contribution in [0.25, 0.3) is 43.9 Å². The number of fused-ring (bicyclic) bond motifs is 8. The second-order valence-electron chi connectivity index (χ2n) is 14.2. The van der Waals surface area contributed by atoms with Gasteiger partial charge in [0.1, 0.15) is 11.2 Å². The van der Waals surface area contributed by atoms with E-state index in [-0.39, 0.29) is 21.2 Å². The predicted octanol–water partition coefficient (Wildman–Crippen LogP) is 6.54. The Kier molecular flexibility index (Phi) is 7.71. The van der Waals surface area contributed by atoms with Crippen molar-refractivity contribution in [3.8, 4) is 0 Å². The van der Waals surface area contributed by atoms with Crippen molar-refractivity contribution in [2.24, 2.45) is 0 Å². The zero-order chi connectivity index (χ0) is 36.7. The van der Waals surface area contributed by atoms with E-state index < -0.39 is 5.41 Å². The summed E-state index contributed by atoms with van der Waals surface area (Å²) in [7, 11) is 0. The molecule has 1 aliphatic heterocycles. The van der Waals surface area contributed by atoms with Crippen molar-refractivity contribution in [1.82, 2.24) is 0 Å². The minimum absolute atomic E-state index is 0.338. The Morgan fingerprint density at radius 3 is 1.45 bits per heavy atom. The Bertz CT molecular complexity index is 2960. The van der Waals surface area contributed by atoms with Gasteiger partial charge in [-0.3, -0.25) is 0 Å². The van der Waals surface area contributed by atoms with Gasteiger partial charge in [0.2, 0.25) is 0 Å². The van der Waals surface area contributed by atoms with Gasteiger partial charge in [-0.05, 0) is 12.1 Å². The van der Waals surface area contributed by atoms with Crippen molar-refractivity contribution in [3.63, 3.8) is 0 Å². The molecule has 0 saturated carbocycles. The molecule has 5 heteroatoms. The van der Waals surface area contributed by atoms with Crippen LogP contribution >= 0.6 is 0 Å². The Hall–Kier alpha value is -5.38. The molecule has 3 heterocycles. The van der Waals surface area contributed by atoms with E-state index in [0.717, 1.165) is 60.9 Å². The third-order valence-corrected chi connectivity index (χ3v) is 15.2. The zero-order valence-corrected chi connectivity index (χ0v) is 34.3. The SMILES string of the molecule is Cc1ccccc1C1(c2ccc(N(c3ccc4c(c3)oc3ccccc34)c3ccc4c(c3)oc3ccccc34)cc2[IH+])c2ccccc2[I-]c2ccccc21. The summed E-state index contributed by atoms with van der Waals surface area (Å²) in [5, 5.41) is 4.46. The van der Waals surface area contributed by atoms with Gasteiger partial charge >= 0.3 is 275 Å². The van der Waals surface area contributed by atoms with E-state index in [1.807, 2.05) is 24.3 Å². The van der Waals surface area contributed by atoms with Crippen LogP contribution in [-0.2, 0) is 5.41 Å². The standard InChI is InChI=1S/C50H33I2NO2/c1-31-12-2-5-15-39(31)50(41-16-6-8-18-44(41)52-45-19-9-7-17-42(45)50)40-27-24-32(28-43(40)51)53(33-22-25-37-35-13-3-10-20-46(35)54-48(37)29-33)34-23-26-38-36-14-4-11-21-47(36)55-49(38)30-34/h2-30,51H,1H3. The second-order valence-corrected chi connectivity index (χ2v) is 18.3. The van der Waals surface area contributed by atoms with Gasteiger partial charge < -0.3 is 0 Å². The van der Waals surface area contributed by atoms with Gasteiger partial charge in [-0.15, -0.1) is 0 Å². The summed E-state index contributed by atoms with van der Waals surface area (Å²) >= 11 is 1.85. The van der Waals surface area contributed by atoms with Crippen LogP contribution in [0.4, 0.5) is 17.1 Å². The molecule has 10 aromatic rings. The van der Waals surface area contributed by atoms with Crippen LogP contribution in [0.2, 0.25) is 0 Å². The predicted molar refractivity (Wildman–Crippen MR) is 216 cm³/mol. The molecule has 8 aromatic carbocycles. The Morgan fingerprint density at radius 1 is 0.436 bits per heavy atom. The number of anilines is 3. The van der Waals surface area contributed by atoms with E-state index in [0.29, 0.717) is 0 Å². The Balaban J connectivity index is 1.15. The number of nitrogens with zero attached hydrogens (tertiary/aromatic N) is 1. The van der Waals surface area contributed by atoms with E-state index in [4.69, 9.17) is 8.83 Å². The fraction of sp³-hybridized carbons (Fsp3) is 0.0400. The summed E-state index contributed by atoms with van der Waals surface area (Å²) < 4.78 is 17.1. The molecule has 264 valence electrons. The molecule has 11 rings (SSSR count). The number of furan rings is 2. The summed E-state index contributed by atoms with van der Waals surface area (Å²) in [4.78, 5) is 2.34.